The molecule has 1 unspecified atom stereocenters. The van der Waals surface area contributed by atoms with E-state index >= 15 is 0 Å². The van der Waals surface area contributed by atoms with E-state index in [1.165, 1.54) is 6.07 Å². The lowest BCUT2D eigenvalue weighted by molar-refractivity contribution is -0.384. The Morgan fingerprint density at radius 1 is 1.58 bits per heavy atom. The van der Waals surface area contributed by atoms with E-state index in [1.54, 1.807) is 7.11 Å². The van der Waals surface area contributed by atoms with Crippen LogP contribution in [0.25, 0.3) is 0 Å². The molecule has 0 aliphatic carbocycles. The maximum Gasteiger partial charge on any atom is 0.271 e. The van der Waals surface area contributed by atoms with Crippen LogP contribution >= 0.6 is 0 Å². The van der Waals surface area contributed by atoms with Crippen LogP contribution in [0.5, 0.6) is 0 Å². The van der Waals surface area contributed by atoms with Gasteiger partial charge in [0.05, 0.1) is 17.2 Å². The number of hydrogen-bond acceptors (Lipinski definition) is 5. The Morgan fingerprint density at radius 2 is 2.32 bits per heavy atom. The van der Waals surface area contributed by atoms with Crippen LogP contribution < -0.4 is 11.1 Å². The number of rotatable bonds is 8. The van der Waals surface area contributed by atoms with E-state index in [0.717, 1.165) is 18.6 Å². The van der Waals surface area contributed by atoms with Crippen molar-refractivity contribution in [1.82, 2.24) is 0 Å². The number of nitro groups is 1. The highest BCUT2D eigenvalue weighted by Gasteiger charge is 2.14. The number of halogens is 1. The van der Waals surface area contributed by atoms with Gasteiger partial charge < -0.3 is 15.8 Å². The second-order valence-corrected chi connectivity index (χ2v) is 4.15. The summed E-state index contributed by atoms with van der Waals surface area (Å²) >= 11 is 0. The lowest BCUT2D eigenvalue weighted by atomic mass is 10.1. The molecule has 0 heterocycles. The Hall–Kier alpha value is -1.73. The number of benzene rings is 1. The number of ether oxygens (including phenoxy) is 1. The average molecular weight is 271 g/mol. The normalized spacial score (nSPS) is 12.2. The number of nitro benzene ring substituents is 1. The number of non-ortho nitro benzene ring substituents is 1. The standard InChI is InChI=1S/C12H18FN3O3/c1-19-8-9(3-2-6-14)15-12-7-10(16(17)18)4-5-11(12)13/h4-5,7,9,15H,2-3,6,8,14H2,1H3. The maximum atomic E-state index is 13.6. The van der Waals surface area contributed by atoms with E-state index < -0.39 is 10.7 Å². The van der Waals surface area contributed by atoms with Crippen LogP contribution in [0.15, 0.2) is 18.2 Å². The molecule has 1 aromatic rings. The molecule has 6 nitrogen and oxygen atoms in total. The number of methoxy groups -OCH3 is 1. The topological polar surface area (TPSA) is 90.4 Å². The van der Waals surface area contributed by atoms with Crippen molar-refractivity contribution in [2.45, 2.75) is 18.9 Å². The van der Waals surface area contributed by atoms with Crippen molar-refractivity contribution >= 4 is 11.4 Å². The van der Waals surface area contributed by atoms with Gasteiger partial charge in [-0.15, -0.1) is 0 Å². The van der Waals surface area contributed by atoms with Crippen molar-refractivity contribution in [3.8, 4) is 0 Å². The third-order valence-electron chi connectivity index (χ3n) is 2.64. The molecule has 0 saturated carbocycles. The van der Waals surface area contributed by atoms with E-state index in [9.17, 15) is 14.5 Å². The number of nitrogens with zero attached hydrogens (tertiary/aromatic N) is 1. The van der Waals surface area contributed by atoms with Crippen molar-refractivity contribution < 1.29 is 14.1 Å². The summed E-state index contributed by atoms with van der Waals surface area (Å²) in [5.74, 6) is -0.528. The van der Waals surface area contributed by atoms with Crippen molar-refractivity contribution in [3.05, 3.63) is 34.1 Å². The maximum absolute atomic E-state index is 13.6. The van der Waals surface area contributed by atoms with Crippen LogP contribution in [0, 0.1) is 15.9 Å². The first-order valence-electron chi connectivity index (χ1n) is 5.98. The fourth-order valence-corrected chi connectivity index (χ4v) is 1.72. The molecule has 106 valence electrons. The van der Waals surface area contributed by atoms with Crippen LogP contribution in [0.4, 0.5) is 15.8 Å². The van der Waals surface area contributed by atoms with Crippen molar-refractivity contribution in [3.63, 3.8) is 0 Å². The van der Waals surface area contributed by atoms with Gasteiger partial charge in [-0.25, -0.2) is 4.39 Å². The van der Waals surface area contributed by atoms with Gasteiger partial charge in [0.1, 0.15) is 5.82 Å². The Balaban J connectivity index is 2.81. The highest BCUT2D eigenvalue weighted by Crippen LogP contribution is 2.22. The zero-order valence-corrected chi connectivity index (χ0v) is 10.8. The monoisotopic (exact) mass is 271 g/mol. The molecule has 0 radical (unpaired) electrons. The minimum Gasteiger partial charge on any atom is -0.383 e. The first-order valence-corrected chi connectivity index (χ1v) is 5.98. The molecule has 0 spiro atoms. The summed E-state index contributed by atoms with van der Waals surface area (Å²) in [6.45, 7) is 0.904. The molecule has 0 aromatic heterocycles. The predicted molar refractivity (Wildman–Crippen MR) is 70.6 cm³/mol. The fraction of sp³-hybridized carbons (Fsp3) is 0.500. The molecule has 0 amide bonds. The second-order valence-electron chi connectivity index (χ2n) is 4.15. The molecular weight excluding hydrogens is 253 g/mol. The van der Waals surface area contributed by atoms with Gasteiger partial charge in [0.15, 0.2) is 0 Å². The van der Waals surface area contributed by atoms with Crippen LogP contribution in [0.3, 0.4) is 0 Å². The number of nitrogens with two attached hydrogens (primary N) is 1. The summed E-state index contributed by atoms with van der Waals surface area (Å²) in [6.07, 6.45) is 1.46. The third kappa shape index (κ3) is 4.80. The van der Waals surface area contributed by atoms with Gasteiger partial charge >= 0.3 is 0 Å². The lowest BCUT2D eigenvalue weighted by Crippen LogP contribution is -2.26. The summed E-state index contributed by atoms with van der Waals surface area (Å²) in [5.41, 5.74) is 5.38. The van der Waals surface area contributed by atoms with Gasteiger partial charge in [-0.05, 0) is 25.5 Å². The van der Waals surface area contributed by atoms with Crippen LogP contribution in [0.1, 0.15) is 12.8 Å². The van der Waals surface area contributed by atoms with E-state index in [2.05, 4.69) is 5.32 Å². The molecule has 0 saturated heterocycles. The third-order valence-corrected chi connectivity index (χ3v) is 2.64. The second kappa shape index (κ2) is 7.65. The summed E-state index contributed by atoms with van der Waals surface area (Å²) in [4.78, 5) is 10.1. The number of hydrogen-bond donors (Lipinski definition) is 2. The highest BCUT2D eigenvalue weighted by molar-refractivity contribution is 5.52. The van der Waals surface area contributed by atoms with Crippen molar-refractivity contribution in [2.24, 2.45) is 5.73 Å². The first-order chi connectivity index (χ1) is 9.08. The zero-order chi connectivity index (χ0) is 14.3. The first kappa shape index (κ1) is 15.3. The SMILES string of the molecule is COCC(CCCN)Nc1cc([N+](=O)[O-])ccc1F. The molecule has 0 bridgehead atoms. The Bertz CT molecular complexity index is 429. The number of nitrogens with one attached hydrogen (secondary N) is 1. The summed E-state index contributed by atoms with van der Waals surface area (Å²) < 4.78 is 18.6. The molecule has 1 aromatic carbocycles. The molecule has 1 atom stereocenters. The average Bonchev–Trinajstić information content (AvgIpc) is 2.38. The van der Waals surface area contributed by atoms with E-state index in [1.807, 2.05) is 0 Å². The Morgan fingerprint density at radius 3 is 2.89 bits per heavy atom. The molecule has 0 aliphatic rings. The van der Waals surface area contributed by atoms with Gasteiger partial charge in [0, 0.05) is 25.3 Å². The molecule has 0 aliphatic heterocycles. The largest absolute Gasteiger partial charge is 0.383 e. The molecule has 1 rings (SSSR count). The van der Waals surface area contributed by atoms with E-state index in [-0.39, 0.29) is 17.4 Å². The van der Waals surface area contributed by atoms with E-state index in [4.69, 9.17) is 10.5 Å². The Labute approximate surface area is 110 Å². The summed E-state index contributed by atoms with van der Waals surface area (Å²) in [6, 6.07) is 3.25. The Kier molecular flexibility index (Phi) is 6.17. The van der Waals surface area contributed by atoms with Crippen LogP contribution in [-0.2, 0) is 4.74 Å². The van der Waals surface area contributed by atoms with Gasteiger partial charge in [0.25, 0.3) is 5.69 Å². The lowest BCUT2D eigenvalue weighted by Gasteiger charge is -2.19. The van der Waals surface area contributed by atoms with Crippen LogP contribution in [0.2, 0.25) is 0 Å². The van der Waals surface area contributed by atoms with Gasteiger partial charge in [0.2, 0.25) is 0 Å². The molecule has 19 heavy (non-hydrogen) atoms. The molecule has 7 heteroatoms. The molecular formula is C12H18FN3O3. The predicted octanol–water partition coefficient (Wildman–Crippen LogP) is 1.90. The summed E-state index contributed by atoms with van der Waals surface area (Å²) in [5, 5.41) is 13.6. The van der Waals surface area contributed by atoms with E-state index in [0.29, 0.717) is 19.6 Å². The molecule has 3 N–H and O–H groups in total. The molecule has 0 fully saturated rings. The van der Waals surface area contributed by atoms with Gasteiger partial charge in [-0.3, -0.25) is 10.1 Å². The fourth-order valence-electron chi connectivity index (χ4n) is 1.72. The zero-order valence-electron chi connectivity index (χ0n) is 10.8. The minimum atomic E-state index is -0.560. The van der Waals surface area contributed by atoms with Gasteiger partial charge in [-0.1, -0.05) is 0 Å². The number of anilines is 1. The smallest absolute Gasteiger partial charge is 0.271 e. The highest BCUT2D eigenvalue weighted by atomic mass is 19.1. The minimum absolute atomic E-state index is 0.105. The van der Waals surface area contributed by atoms with Gasteiger partial charge in [-0.2, -0.15) is 0 Å². The van der Waals surface area contributed by atoms with Crippen molar-refractivity contribution in [1.29, 1.82) is 0 Å². The quantitative estimate of drug-likeness (QED) is 0.556. The van der Waals surface area contributed by atoms with Crippen LogP contribution in [-0.4, -0.2) is 31.2 Å². The summed E-state index contributed by atoms with van der Waals surface area (Å²) in [7, 11) is 1.54. The van der Waals surface area contributed by atoms with Crippen molar-refractivity contribution in [2.75, 3.05) is 25.6 Å².